The molecule has 1 aliphatic heterocycles. The van der Waals surface area contributed by atoms with Gasteiger partial charge in [0.05, 0.1) is 12.2 Å². The Kier molecular flexibility index (Phi) is 4.07. The van der Waals surface area contributed by atoms with Crippen LogP contribution in [-0.2, 0) is 9.53 Å². The van der Waals surface area contributed by atoms with E-state index in [2.05, 4.69) is 13.0 Å². The third-order valence-corrected chi connectivity index (χ3v) is 4.36. The van der Waals surface area contributed by atoms with Crippen molar-refractivity contribution >= 4 is 17.7 Å². The number of rotatable bonds is 4. The molecule has 1 unspecified atom stereocenters. The smallest absolute Gasteiger partial charge is 0.302 e. The lowest BCUT2D eigenvalue weighted by Crippen LogP contribution is -2.23. The van der Waals surface area contributed by atoms with Gasteiger partial charge in [-0.25, -0.2) is 0 Å². The summed E-state index contributed by atoms with van der Waals surface area (Å²) in [5.74, 6) is -0.234. The Hall–Kier alpha value is -0.480. The van der Waals surface area contributed by atoms with E-state index in [9.17, 15) is 9.90 Å². The fourth-order valence-electron chi connectivity index (χ4n) is 1.60. The van der Waals surface area contributed by atoms with Gasteiger partial charge in [0, 0.05) is 16.6 Å². The van der Waals surface area contributed by atoms with Gasteiger partial charge < -0.3 is 9.84 Å². The van der Waals surface area contributed by atoms with Crippen LogP contribution in [0.5, 0.6) is 0 Å². The van der Waals surface area contributed by atoms with Gasteiger partial charge in [-0.3, -0.25) is 4.79 Å². The SMILES string of the molecule is CC(=O)OCCC1(C)CC=C(C(C)(C)O)S1. The van der Waals surface area contributed by atoms with Crippen molar-refractivity contribution in [1.82, 2.24) is 0 Å². The molecule has 0 spiro atoms. The Morgan fingerprint density at radius 1 is 1.69 bits per heavy atom. The molecule has 3 nitrogen and oxygen atoms in total. The zero-order valence-electron chi connectivity index (χ0n) is 10.4. The average molecular weight is 244 g/mol. The molecule has 1 N–H and O–H groups in total. The second-order valence-corrected chi connectivity index (χ2v) is 6.60. The number of carbonyl (C=O) groups is 1. The summed E-state index contributed by atoms with van der Waals surface area (Å²) in [4.78, 5) is 11.7. The van der Waals surface area contributed by atoms with Crippen LogP contribution in [0.25, 0.3) is 0 Å². The molecule has 1 heterocycles. The van der Waals surface area contributed by atoms with Crippen molar-refractivity contribution in [3.05, 3.63) is 11.0 Å². The van der Waals surface area contributed by atoms with Gasteiger partial charge in [-0.1, -0.05) is 6.08 Å². The zero-order valence-corrected chi connectivity index (χ0v) is 11.2. The number of thioether (sulfide) groups is 1. The Bertz CT molecular complexity index is 304. The third kappa shape index (κ3) is 3.83. The first kappa shape index (κ1) is 13.6. The second kappa shape index (κ2) is 4.80. The monoisotopic (exact) mass is 244 g/mol. The Morgan fingerprint density at radius 3 is 2.75 bits per heavy atom. The first-order chi connectivity index (χ1) is 7.23. The highest BCUT2D eigenvalue weighted by Crippen LogP contribution is 2.47. The van der Waals surface area contributed by atoms with Crippen molar-refractivity contribution < 1.29 is 14.6 Å². The van der Waals surface area contributed by atoms with Gasteiger partial charge in [-0.15, -0.1) is 11.8 Å². The second-order valence-electron chi connectivity index (χ2n) is 4.97. The molecule has 0 aromatic carbocycles. The number of hydrogen-bond acceptors (Lipinski definition) is 4. The van der Waals surface area contributed by atoms with Crippen molar-refractivity contribution in [3.63, 3.8) is 0 Å². The van der Waals surface area contributed by atoms with Crippen molar-refractivity contribution in [1.29, 1.82) is 0 Å². The van der Waals surface area contributed by atoms with Gasteiger partial charge in [-0.05, 0) is 33.6 Å². The van der Waals surface area contributed by atoms with Crippen LogP contribution in [0.4, 0.5) is 0 Å². The lowest BCUT2D eigenvalue weighted by Gasteiger charge is -2.26. The number of aliphatic hydroxyl groups is 1. The molecule has 0 aromatic rings. The minimum atomic E-state index is -0.760. The molecule has 1 rings (SSSR count). The summed E-state index contributed by atoms with van der Waals surface area (Å²) in [7, 11) is 0. The van der Waals surface area contributed by atoms with Crippen LogP contribution >= 0.6 is 11.8 Å². The largest absolute Gasteiger partial charge is 0.466 e. The molecule has 0 bridgehead atoms. The average Bonchev–Trinajstić information content (AvgIpc) is 2.46. The maximum atomic E-state index is 10.7. The van der Waals surface area contributed by atoms with E-state index in [-0.39, 0.29) is 10.7 Å². The minimum Gasteiger partial charge on any atom is -0.466 e. The van der Waals surface area contributed by atoms with Crippen LogP contribution in [0.1, 0.15) is 40.5 Å². The molecular formula is C12H20O3S. The molecule has 0 saturated carbocycles. The fourth-order valence-corrected chi connectivity index (χ4v) is 2.90. The maximum absolute atomic E-state index is 10.7. The van der Waals surface area contributed by atoms with Gasteiger partial charge in [0.15, 0.2) is 0 Å². The van der Waals surface area contributed by atoms with Crippen LogP contribution in [0.2, 0.25) is 0 Å². The standard InChI is InChI=1S/C12H20O3S/c1-9(13)15-8-7-12(4)6-5-10(16-12)11(2,3)14/h5,14H,6-8H2,1-4H3. The number of hydrogen-bond donors (Lipinski definition) is 1. The number of esters is 1. The molecule has 0 saturated heterocycles. The fraction of sp³-hybridized carbons (Fsp3) is 0.750. The topological polar surface area (TPSA) is 46.5 Å². The highest BCUT2D eigenvalue weighted by Gasteiger charge is 2.35. The predicted molar refractivity (Wildman–Crippen MR) is 66.2 cm³/mol. The molecule has 0 aromatic heterocycles. The predicted octanol–water partition coefficient (Wildman–Crippen LogP) is 2.49. The van der Waals surface area contributed by atoms with Crippen molar-refractivity contribution in [2.24, 2.45) is 0 Å². The first-order valence-electron chi connectivity index (χ1n) is 5.48. The molecule has 4 heteroatoms. The van der Waals surface area contributed by atoms with E-state index >= 15 is 0 Å². The van der Waals surface area contributed by atoms with E-state index in [0.717, 1.165) is 17.7 Å². The Balaban J connectivity index is 2.44. The third-order valence-electron chi connectivity index (χ3n) is 2.61. The Labute approximate surface area is 101 Å². The molecule has 0 aliphatic carbocycles. The molecule has 0 amide bonds. The lowest BCUT2D eigenvalue weighted by molar-refractivity contribution is -0.141. The van der Waals surface area contributed by atoms with Gasteiger partial charge >= 0.3 is 5.97 Å². The van der Waals surface area contributed by atoms with Gasteiger partial charge in [0.25, 0.3) is 0 Å². The minimum absolute atomic E-state index is 0.0464. The quantitative estimate of drug-likeness (QED) is 0.772. The highest BCUT2D eigenvalue weighted by molar-refractivity contribution is 8.04. The van der Waals surface area contributed by atoms with Gasteiger partial charge in [-0.2, -0.15) is 0 Å². The van der Waals surface area contributed by atoms with E-state index < -0.39 is 5.60 Å². The summed E-state index contributed by atoms with van der Waals surface area (Å²) in [6.07, 6.45) is 3.81. The summed E-state index contributed by atoms with van der Waals surface area (Å²) in [5.41, 5.74) is -0.760. The van der Waals surface area contributed by atoms with Crippen LogP contribution in [0, 0.1) is 0 Å². The normalized spacial score (nSPS) is 25.4. The van der Waals surface area contributed by atoms with Gasteiger partial charge in [0.1, 0.15) is 0 Å². The molecular weight excluding hydrogens is 224 g/mol. The van der Waals surface area contributed by atoms with Crippen molar-refractivity contribution in [2.75, 3.05) is 6.61 Å². The van der Waals surface area contributed by atoms with E-state index in [1.807, 2.05) is 0 Å². The highest BCUT2D eigenvalue weighted by atomic mass is 32.2. The molecule has 0 fully saturated rings. The van der Waals surface area contributed by atoms with Crippen LogP contribution in [-0.4, -0.2) is 28.0 Å². The first-order valence-corrected chi connectivity index (χ1v) is 6.30. The van der Waals surface area contributed by atoms with Crippen LogP contribution in [0.15, 0.2) is 11.0 Å². The summed E-state index contributed by atoms with van der Waals surface area (Å²) in [6, 6.07) is 0. The summed E-state index contributed by atoms with van der Waals surface area (Å²) in [5, 5.41) is 9.89. The maximum Gasteiger partial charge on any atom is 0.302 e. The summed E-state index contributed by atoms with van der Waals surface area (Å²) < 4.78 is 5.00. The van der Waals surface area contributed by atoms with Crippen molar-refractivity contribution in [3.8, 4) is 0 Å². The zero-order chi connectivity index (χ0) is 12.4. The lowest BCUT2D eigenvalue weighted by atomic mass is 10.0. The van der Waals surface area contributed by atoms with E-state index in [1.165, 1.54) is 6.92 Å². The van der Waals surface area contributed by atoms with Crippen LogP contribution in [0.3, 0.4) is 0 Å². The molecule has 1 atom stereocenters. The Morgan fingerprint density at radius 2 is 2.31 bits per heavy atom. The van der Waals surface area contributed by atoms with Gasteiger partial charge in [0.2, 0.25) is 0 Å². The van der Waals surface area contributed by atoms with Crippen LogP contribution < -0.4 is 0 Å². The van der Waals surface area contributed by atoms with Crippen molar-refractivity contribution in [2.45, 2.75) is 50.9 Å². The number of ether oxygens (including phenoxy) is 1. The molecule has 16 heavy (non-hydrogen) atoms. The number of carbonyl (C=O) groups excluding carboxylic acids is 1. The summed E-state index contributed by atoms with van der Waals surface area (Å²) >= 11 is 1.69. The molecule has 0 radical (unpaired) electrons. The van der Waals surface area contributed by atoms with E-state index in [1.54, 1.807) is 25.6 Å². The molecule has 1 aliphatic rings. The van der Waals surface area contributed by atoms with E-state index in [0.29, 0.717) is 6.61 Å². The summed E-state index contributed by atoms with van der Waals surface area (Å²) in [6.45, 7) is 7.60. The van der Waals surface area contributed by atoms with E-state index in [4.69, 9.17) is 4.74 Å². The number of allylic oxidation sites excluding steroid dienone is 1. The molecule has 92 valence electrons.